The zero-order valence-electron chi connectivity index (χ0n) is 9.28. The summed E-state index contributed by atoms with van der Waals surface area (Å²) in [5, 5.41) is 0. The molecule has 0 aliphatic carbocycles. The van der Waals surface area contributed by atoms with Gasteiger partial charge < -0.3 is 0 Å². The zero-order chi connectivity index (χ0) is 9.28. The average Bonchev–Trinajstić information content (AvgIpc) is 1.56. The van der Waals surface area contributed by atoms with E-state index in [0.29, 0.717) is 10.8 Å². The Labute approximate surface area is 72.4 Å². The molecule has 0 aromatic carbocycles. The summed E-state index contributed by atoms with van der Waals surface area (Å²) in [5.74, 6) is 0.779. The van der Waals surface area contributed by atoms with Crippen molar-refractivity contribution in [1.82, 2.24) is 0 Å². The third kappa shape index (κ3) is 4.44. The lowest BCUT2D eigenvalue weighted by atomic mass is 9.70. The first-order valence-corrected chi connectivity index (χ1v) is 4.65. The molecule has 0 rings (SSSR count). The summed E-state index contributed by atoms with van der Waals surface area (Å²) >= 11 is 0. The standard InChI is InChI=1S/C11H24/c1-9(2)11(6,7)8-10(3,4)5/h9H,8H2,1-7H3. The van der Waals surface area contributed by atoms with Crippen LogP contribution in [0.4, 0.5) is 0 Å². The maximum Gasteiger partial charge on any atom is -0.0326 e. The molecule has 0 aliphatic rings. The lowest BCUT2D eigenvalue weighted by Gasteiger charge is -2.35. The number of rotatable bonds is 2. The van der Waals surface area contributed by atoms with Gasteiger partial charge in [-0.2, -0.15) is 0 Å². The molecule has 0 aromatic heterocycles. The van der Waals surface area contributed by atoms with Gasteiger partial charge in [-0.05, 0) is 23.2 Å². The molecule has 0 bridgehead atoms. The molecule has 0 radical (unpaired) electrons. The fraction of sp³-hybridized carbons (Fsp3) is 1.00. The Morgan fingerprint density at radius 1 is 0.909 bits per heavy atom. The molecule has 0 heteroatoms. The molecule has 0 N–H and O–H groups in total. The van der Waals surface area contributed by atoms with Crippen molar-refractivity contribution in [3.8, 4) is 0 Å². The van der Waals surface area contributed by atoms with Crippen LogP contribution in [0.2, 0.25) is 0 Å². The molecule has 0 heterocycles. The molecular weight excluding hydrogens is 132 g/mol. The van der Waals surface area contributed by atoms with E-state index in [0.717, 1.165) is 5.92 Å². The van der Waals surface area contributed by atoms with Gasteiger partial charge in [0.25, 0.3) is 0 Å². The van der Waals surface area contributed by atoms with Gasteiger partial charge in [0.15, 0.2) is 0 Å². The summed E-state index contributed by atoms with van der Waals surface area (Å²) in [4.78, 5) is 0. The fourth-order valence-electron chi connectivity index (χ4n) is 1.57. The number of hydrogen-bond donors (Lipinski definition) is 0. The van der Waals surface area contributed by atoms with Crippen LogP contribution >= 0.6 is 0 Å². The van der Waals surface area contributed by atoms with Gasteiger partial charge in [-0.3, -0.25) is 0 Å². The van der Waals surface area contributed by atoms with Crippen LogP contribution in [-0.4, -0.2) is 0 Å². The summed E-state index contributed by atoms with van der Waals surface area (Å²) in [6, 6.07) is 0. The van der Waals surface area contributed by atoms with E-state index < -0.39 is 0 Å². The highest BCUT2D eigenvalue weighted by Crippen LogP contribution is 2.38. The highest BCUT2D eigenvalue weighted by molar-refractivity contribution is 4.78. The van der Waals surface area contributed by atoms with Crippen molar-refractivity contribution in [3.63, 3.8) is 0 Å². The highest BCUT2D eigenvalue weighted by atomic mass is 14.3. The minimum atomic E-state index is 0.466. The maximum absolute atomic E-state index is 2.36. The van der Waals surface area contributed by atoms with E-state index in [9.17, 15) is 0 Å². The highest BCUT2D eigenvalue weighted by Gasteiger charge is 2.27. The summed E-state index contributed by atoms with van der Waals surface area (Å²) in [5.41, 5.74) is 0.950. The van der Waals surface area contributed by atoms with Crippen molar-refractivity contribution in [3.05, 3.63) is 0 Å². The summed E-state index contributed by atoms with van der Waals surface area (Å²) in [7, 11) is 0. The van der Waals surface area contributed by atoms with Gasteiger partial charge in [0.2, 0.25) is 0 Å². The van der Waals surface area contributed by atoms with Crippen molar-refractivity contribution in [2.45, 2.75) is 54.9 Å². The van der Waals surface area contributed by atoms with Gasteiger partial charge in [-0.25, -0.2) is 0 Å². The Hall–Kier alpha value is 0. The van der Waals surface area contributed by atoms with Crippen molar-refractivity contribution in [2.24, 2.45) is 16.7 Å². The summed E-state index contributed by atoms with van der Waals surface area (Å²) < 4.78 is 0. The van der Waals surface area contributed by atoms with Crippen LogP contribution in [0, 0.1) is 16.7 Å². The molecule has 0 atom stereocenters. The van der Waals surface area contributed by atoms with Gasteiger partial charge in [0, 0.05) is 0 Å². The van der Waals surface area contributed by atoms with Crippen LogP contribution in [0.1, 0.15) is 54.9 Å². The van der Waals surface area contributed by atoms with Crippen molar-refractivity contribution in [2.75, 3.05) is 0 Å². The summed E-state index contributed by atoms with van der Waals surface area (Å²) in [6.07, 6.45) is 1.30. The molecule has 0 nitrogen and oxygen atoms in total. The SMILES string of the molecule is CC(C)C(C)(C)CC(C)(C)C. The minimum absolute atomic E-state index is 0.466. The second-order valence-electron chi connectivity index (χ2n) is 5.88. The molecule has 0 saturated heterocycles. The van der Waals surface area contributed by atoms with Gasteiger partial charge in [-0.15, -0.1) is 0 Å². The molecular formula is C11H24. The quantitative estimate of drug-likeness (QED) is 0.564. The molecule has 0 unspecified atom stereocenters. The predicted octanol–water partition coefficient (Wildman–Crippen LogP) is 4.10. The van der Waals surface area contributed by atoms with Crippen LogP contribution in [0.3, 0.4) is 0 Å². The van der Waals surface area contributed by atoms with Crippen LogP contribution < -0.4 is 0 Å². The van der Waals surface area contributed by atoms with Crippen molar-refractivity contribution >= 4 is 0 Å². The fourth-order valence-corrected chi connectivity index (χ4v) is 1.57. The number of hydrogen-bond acceptors (Lipinski definition) is 0. The predicted molar refractivity (Wildman–Crippen MR) is 52.7 cm³/mol. The third-order valence-electron chi connectivity index (χ3n) is 2.55. The van der Waals surface area contributed by atoms with Gasteiger partial charge in [0.1, 0.15) is 0 Å². The van der Waals surface area contributed by atoms with E-state index in [1.807, 2.05) is 0 Å². The van der Waals surface area contributed by atoms with E-state index in [2.05, 4.69) is 48.5 Å². The second kappa shape index (κ2) is 3.16. The first kappa shape index (κ1) is 11.0. The first-order chi connectivity index (χ1) is 4.65. The second-order valence-corrected chi connectivity index (χ2v) is 5.88. The van der Waals surface area contributed by atoms with E-state index >= 15 is 0 Å². The smallest absolute Gasteiger partial charge is 0.0326 e. The van der Waals surface area contributed by atoms with E-state index in [-0.39, 0.29) is 0 Å². The first-order valence-electron chi connectivity index (χ1n) is 4.65. The van der Waals surface area contributed by atoms with Gasteiger partial charge in [-0.1, -0.05) is 48.5 Å². The zero-order valence-corrected chi connectivity index (χ0v) is 9.28. The van der Waals surface area contributed by atoms with Crippen LogP contribution in [-0.2, 0) is 0 Å². The van der Waals surface area contributed by atoms with E-state index in [1.165, 1.54) is 6.42 Å². The van der Waals surface area contributed by atoms with Crippen LogP contribution in [0.5, 0.6) is 0 Å². The monoisotopic (exact) mass is 156 g/mol. The largest absolute Gasteiger partial charge is 0.0623 e. The summed E-state index contributed by atoms with van der Waals surface area (Å²) in [6.45, 7) is 16.3. The molecule has 0 aromatic rings. The van der Waals surface area contributed by atoms with Crippen molar-refractivity contribution < 1.29 is 0 Å². The molecule has 11 heavy (non-hydrogen) atoms. The Morgan fingerprint density at radius 2 is 1.27 bits per heavy atom. The van der Waals surface area contributed by atoms with Crippen molar-refractivity contribution in [1.29, 1.82) is 0 Å². The molecule has 0 spiro atoms. The molecule has 68 valence electrons. The normalized spacial score (nSPS) is 14.2. The average molecular weight is 156 g/mol. The van der Waals surface area contributed by atoms with Gasteiger partial charge in [0.05, 0.1) is 0 Å². The Bertz CT molecular complexity index is 112. The molecule has 0 aliphatic heterocycles. The van der Waals surface area contributed by atoms with Gasteiger partial charge >= 0.3 is 0 Å². The topological polar surface area (TPSA) is 0 Å². The van der Waals surface area contributed by atoms with E-state index in [1.54, 1.807) is 0 Å². The lowest BCUT2D eigenvalue weighted by molar-refractivity contribution is 0.152. The molecule has 0 saturated carbocycles. The molecule has 0 fully saturated rings. The van der Waals surface area contributed by atoms with Crippen LogP contribution in [0.25, 0.3) is 0 Å². The maximum atomic E-state index is 2.36. The van der Waals surface area contributed by atoms with E-state index in [4.69, 9.17) is 0 Å². The third-order valence-corrected chi connectivity index (χ3v) is 2.55. The molecule has 0 amide bonds. The van der Waals surface area contributed by atoms with Crippen LogP contribution in [0.15, 0.2) is 0 Å². The Balaban J connectivity index is 4.13. The lowest BCUT2D eigenvalue weighted by Crippen LogP contribution is -2.25. The Morgan fingerprint density at radius 3 is 1.36 bits per heavy atom. The Kier molecular flexibility index (Phi) is 3.16. The minimum Gasteiger partial charge on any atom is -0.0623 e.